The van der Waals surface area contributed by atoms with Crippen LogP contribution in [-0.4, -0.2) is 48.3 Å². The van der Waals surface area contributed by atoms with Gasteiger partial charge >= 0.3 is 11.9 Å². The Morgan fingerprint density at radius 2 is 0.609 bits per heavy atom. The Labute approximate surface area is 554 Å². The van der Waals surface area contributed by atoms with E-state index in [1.54, 1.807) is 24.3 Å². The summed E-state index contributed by atoms with van der Waals surface area (Å²) in [6.07, 6.45) is 51.8. The summed E-state index contributed by atoms with van der Waals surface area (Å²) < 4.78 is 68.6. The highest BCUT2D eigenvalue weighted by atomic mass is 19.1. The van der Waals surface area contributed by atoms with Gasteiger partial charge in [0, 0.05) is 41.7 Å². The number of esters is 2. The van der Waals surface area contributed by atoms with Crippen molar-refractivity contribution in [2.45, 2.75) is 298 Å². The quantitative estimate of drug-likeness (QED) is 0.0212. The number of carbonyl (C=O) groups excluding carboxylic acids is 2. The molecule has 0 atom stereocenters. The van der Waals surface area contributed by atoms with Crippen molar-refractivity contribution in [2.24, 2.45) is 0 Å². The minimum Gasteiger partial charge on any atom is -0.490 e. The first kappa shape index (κ1) is 76.7. The summed E-state index contributed by atoms with van der Waals surface area (Å²) in [6.45, 7) is 15.1. The summed E-state index contributed by atoms with van der Waals surface area (Å²) in [6, 6.07) is 15.1. The number of aromatic nitrogens is 2. The topological polar surface area (TPSA) is 115 Å². The zero-order valence-corrected chi connectivity index (χ0v) is 58.0. The number of ether oxygens (including phenoxy) is 6. The molecule has 2 heterocycles. The molecule has 510 valence electrons. The van der Waals surface area contributed by atoms with Gasteiger partial charge in [0.2, 0.25) is 0 Å². The molecule has 0 saturated carbocycles. The molecule has 0 saturated heterocycles. The third-order valence-corrected chi connectivity index (χ3v) is 17.5. The van der Waals surface area contributed by atoms with E-state index < -0.39 is 23.6 Å². The van der Waals surface area contributed by atoms with Crippen LogP contribution < -0.4 is 28.4 Å². The molecule has 0 bridgehead atoms. The fraction of sp³-hybridized carbons (Fsp3) is 0.625. The van der Waals surface area contributed by atoms with E-state index in [4.69, 9.17) is 28.4 Å². The van der Waals surface area contributed by atoms with Crippen molar-refractivity contribution in [2.75, 3.05) is 26.4 Å². The van der Waals surface area contributed by atoms with Crippen molar-refractivity contribution >= 4 is 11.9 Å². The maximum absolute atomic E-state index is 15.6. The van der Waals surface area contributed by atoms with Gasteiger partial charge in [-0.15, -0.1) is 0 Å². The molecule has 0 aliphatic carbocycles. The van der Waals surface area contributed by atoms with Crippen LogP contribution in [0.4, 0.5) is 8.78 Å². The highest BCUT2D eigenvalue weighted by Gasteiger charge is 2.21. The third-order valence-electron chi connectivity index (χ3n) is 17.5. The van der Waals surface area contributed by atoms with Gasteiger partial charge in [-0.3, -0.25) is 9.97 Å². The Kier molecular flexibility index (Phi) is 39.8. The number of hydrogen-bond donors (Lipinski definition) is 0. The number of halogens is 2. The number of nitrogens with zero attached hydrogens (tertiary/aromatic N) is 2. The molecule has 0 unspecified atom stereocenters. The Balaban J connectivity index is 1.20. The highest BCUT2D eigenvalue weighted by Crippen LogP contribution is 2.39. The first-order valence-electron chi connectivity index (χ1n) is 36.7. The van der Waals surface area contributed by atoms with Crippen LogP contribution in [-0.2, 0) is 0 Å². The van der Waals surface area contributed by atoms with Gasteiger partial charge in [-0.05, 0) is 93.1 Å². The molecule has 0 N–H and O–H groups in total. The van der Waals surface area contributed by atoms with E-state index in [2.05, 4.69) is 37.7 Å². The van der Waals surface area contributed by atoms with Crippen LogP contribution in [0, 0.1) is 25.5 Å². The fourth-order valence-electron chi connectivity index (χ4n) is 11.8. The SMILES string of the molecule is CCCCCCCCCCCCOc1cc(OC(=O)c2ccc(-c3cc(-c4ccc(C(=O)Oc5cc(C)c(OCCCCCCCCCCCC)c(OCCCCCCCCCCCC)c5)cn4)c(F)cc3F)nc2)cc(C)c1OCCCCCCCCCCCC. The minimum absolute atomic E-state index is 0.00250. The van der Waals surface area contributed by atoms with E-state index in [9.17, 15) is 9.59 Å². The number of aryl methyl sites for hydroxylation is 2. The number of pyridine rings is 2. The molecule has 0 amide bonds. The van der Waals surface area contributed by atoms with Crippen LogP contribution >= 0.6 is 0 Å². The predicted molar refractivity (Wildman–Crippen MR) is 374 cm³/mol. The van der Waals surface area contributed by atoms with E-state index in [-0.39, 0.29) is 33.6 Å². The highest BCUT2D eigenvalue weighted by molar-refractivity contribution is 5.92. The molecule has 12 heteroatoms. The molecule has 0 spiro atoms. The van der Waals surface area contributed by atoms with Gasteiger partial charge in [0.25, 0.3) is 0 Å². The first-order chi connectivity index (χ1) is 45.1. The second-order valence-corrected chi connectivity index (χ2v) is 25.7. The second-order valence-electron chi connectivity index (χ2n) is 25.7. The zero-order valence-electron chi connectivity index (χ0n) is 58.0. The number of rotatable bonds is 54. The number of unbranched alkanes of at least 4 members (excludes halogenated alkanes) is 36. The van der Waals surface area contributed by atoms with Crippen molar-refractivity contribution in [3.8, 4) is 57.0 Å². The smallest absolute Gasteiger partial charge is 0.345 e. The van der Waals surface area contributed by atoms with Crippen LogP contribution in [0.25, 0.3) is 22.5 Å². The third kappa shape index (κ3) is 30.4. The monoisotopic (exact) mass is 1270 g/mol. The van der Waals surface area contributed by atoms with Crippen LogP contribution in [0.2, 0.25) is 0 Å². The maximum atomic E-state index is 15.6. The molecular weight excluding hydrogens is 1150 g/mol. The lowest BCUT2D eigenvalue weighted by Crippen LogP contribution is -2.10. The Morgan fingerprint density at radius 1 is 0.337 bits per heavy atom. The largest absolute Gasteiger partial charge is 0.490 e. The molecule has 10 nitrogen and oxygen atoms in total. The van der Waals surface area contributed by atoms with Crippen LogP contribution in [0.1, 0.15) is 316 Å². The van der Waals surface area contributed by atoms with Gasteiger partial charge in [0.15, 0.2) is 23.0 Å². The molecular formula is C80H118F2N2O8. The molecule has 2 aromatic heterocycles. The van der Waals surface area contributed by atoms with E-state index in [1.807, 2.05) is 13.8 Å². The average Bonchev–Trinajstić information content (AvgIpc) is 0.857. The average molecular weight is 1270 g/mol. The Hall–Kier alpha value is -6.04. The van der Waals surface area contributed by atoms with Gasteiger partial charge in [-0.1, -0.05) is 259 Å². The molecule has 0 fully saturated rings. The standard InChI is InChI=1S/C80H118F2N2O8/c1-7-11-15-19-23-27-31-35-39-43-51-87-75-57-67(55-63(5)77(75)89-53-45-41-37-33-29-25-21-17-13-9-3)91-79(85)65-47-49-73(83-61-65)69-59-70(72(82)60-71(69)81)74-50-48-66(62-84-74)80(86)92-68-56-64(6)78(90-54-46-42-38-34-30-26-22-18-14-10-4)76(58-68)88-52-44-40-36-32-28-24-20-16-12-8-2/h47-50,55-62H,7-46,51-54H2,1-6H3. The number of hydrogen-bond acceptors (Lipinski definition) is 10. The summed E-state index contributed by atoms with van der Waals surface area (Å²) in [4.78, 5) is 36.2. The molecule has 5 aromatic rings. The lowest BCUT2D eigenvalue weighted by atomic mass is 10.0. The minimum atomic E-state index is -0.845. The molecule has 0 aliphatic heterocycles. The predicted octanol–water partition coefficient (Wildman–Crippen LogP) is 24.3. The lowest BCUT2D eigenvalue weighted by molar-refractivity contribution is 0.0724. The van der Waals surface area contributed by atoms with Crippen molar-refractivity contribution in [3.63, 3.8) is 0 Å². The zero-order chi connectivity index (χ0) is 65.6. The summed E-state index contributed by atoms with van der Waals surface area (Å²) in [5.74, 6) is 0.0172. The van der Waals surface area contributed by atoms with Crippen molar-refractivity contribution in [1.82, 2.24) is 9.97 Å². The maximum Gasteiger partial charge on any atom is 0.345 e. The molecule has 0 aliphatic rings. The van der Waals surface area contributed by atoms with E-state index >= 15 is 8.78 Å². The summed E-state index contributed by atoms with van der Waals surface area (Å²) in [5.41, 5.74) is 2.20. The summed E-state index contributed by atoms with van der Waals surface area (Å²) >= 11 is 0. The first-order valence-corrected chi connectivity index (χ1v) is 36.7. The van der Waals surface area contributed by atoms with Gasteiger partial charge in [-0.2, -0.15) is 0 Å². The number of benzene rings is 3. The summed E-state index contributed by atoms with van der Waals surface area (Å²) in [7, 11) is 0. The molecule has 5 rings (SSSR count). The van der Waals surface area contributed by atoms with Gasteiger partial charge in [0.05, 0.1) is 48.9 Å². The van der Waals surface area contributed by atoms with Crippen molar-refractivity contribution < 1.29 is 46.8 Å². The molecule has 92 heavy (non-hydrogen) atoms. The van der Waals surface area contributed by atoms with Crippen molar-refractivity contribution in [3.05, 3.63) is 107 Å². The Bertz CT molecular complexity index is 2600. The van der Waals surface area contributed by atoms with E-state index in [1.165, 1.54) is 248 Å². The molecule has 3 aromatic carbocycles. The van der Waals surface area contributed by atoms with Gasteiger partial charge in [-0.25, -0.2) is 18.4 Å². The van der Waals surface area contributed by atoms with E-state index in [0.717, 1.165) is 68.6 Å². The summed E-state index contributed by atoms with van der Waals surface area (Å²) in [5, 5.41) is 0. The van der Waals surface area contributed by atoms with Gasteiger partial charge < -0.3 is 28.4 Å². The second kappa shape index (κ2) is 47.8. The Morgan fingerprint density at radius 3 is 0.880 bits per heavy atom. The molecule has 0 radical (unpaired) electrons. The fourth-order valence-corrected chi connectivity index (χ4v) is 11.8. The van der Waals surface area contributed by atoms with Crippen molar-refractivity contribution in [1.29, 1.82) is 0 Å². The number of carbonyl (C=O) groups is 2. The van der Waals surface area contributed by atoms with Gasteiger partial charge in [0.1, 0.15) is 23.1 Å². The lowest BCUT2D eigenvalue weighted by Gasteiger charge is -2.17. The normalized spacial score (nSPS) is 11.3. The van der Waals surface area contributed by atoms with Crippen LogP contribution in [0.3, 0.4) is 0 Å². The van der Waals surface area contributed by atoms with E-state index in [0.29, 0.717) is 60.9 Å². The van der Waals surface area contributed by atoms with Crippen LogP contribution in [0.5, 0.6) is 34.5 Å². The van der Waals surface area contributed by atoms with Crippen LogP contribution in [0.15, 0.2) is 73.1 Å².